The minimum Gasteiger partial charge on any atom is -0.423 e. The molecule has 3 aromatic carbocycles. The van der Waals surface area contributed by atoms with Gasteiger partial charge in [-0.3, -0.25) is 4.79 Å². The van der Waals surface area contributed by atoms with Crippen LogP contribution in [-0.2, 0) is 0 Å². The molecule has 1 heterocycles. The smallest absolute Gasteiger partial charge is 0.349 e. The van der Waals surface area contributed by atoms with E-state index in [0.717, 1.165) is 10.0 Å². The number of hydrogen-bond acceptors (Lipinski definition) is 5. The highest BCUT2D eigenvalue weighted by Gasteiger charge is 2.17. The number of amides is 1. The molecule has 0 aliphatic rings. The zero-order chi connectivity index (χ0) is 22.7. The van der Waals surface area contributed by atoms with Gasteiger partial charge in [-0.15, -0.1) is 0 Å². The third-order valence-electron chi connectivity index (χ3n) is 4.89. The number of fused-ring (bicyclic) bond motifs is 1. The minimum absolute atomic E-state index is 0.0973. The van der Waals surface area contributed by atoms with Crippen molar-refractivity contribution in [3.8, 4) is 5.75 Å². The van der Waals surface area contributed by atoms with Crippen molar-refractivity contribution in [2.24, 2.45) is 0 Å². The van der Waals surface area contributed by atoms with E-state index in [1.54, 1.807) is 36.4 Å². The van der Waals surface area contributed by atoms with Crippen molar-refractivity contribution in [3.63, 3.8) is 0 Å². The Kier molecular flexibility index (Phi) is 6.18. The van der Waals surface area contributed by atoms with Gasteiger partial charge in [0.2, 0.25) is 0 Å². The van der Waals surface area contributed by atoms with E-state index in [2.05, 4.69) is 21.2 Å². The van der Waals surface area contributed by atoms with E-state index < -0.39 is 17.5 Å². The van der Waals surface area contributed by atoms with Gasteiger partial charge in [0.1, 0.15) is 16.9 Å². The van der Waals surface area contributed by atoms with Crippen LogP contribution in [0.2, 0.25) is 0 Å². The number of halogens is 1. The van der Waals surface area contributed by atoms with Crippen molar-refractivity contribution in [1.29, 1.82) is 0 Å². The first-order chi connectivity index (χ1) is 15.4. The molecule has 0 saturated heterocycles. The standard InChI is InChI=1S/C25H18BrNO5/c1-15(16-5-3-2-4-6-16)27-23(28)21-13-18-9-12-20(14-22(18)32-25(21)30)31-24(29)17-7-10-19(26)11-8-17/h2-15H,1H3,(H,27,28). The number of carbonyl (C=O) groups excluding carboxylic acids is 2. The van der Waals surface area contributed by atoms with Crippen LogP contribution in [-0.4, -0.2) is 11.9 Å². The molecule has 1 unspecified atom stereocenters. The number of nitrogens with one attached hydrogen (secondary N) is 1. The van der Waals surface area contributed by atoms with Crippen LogP contribution < -0.4 is 15.7 Å². The predicted octanol–water partition coefficient (Wildman–Crippen LogP) is 5.27. The summed E-state index contributed by atoms with van der Waals surface area (Å²) in [6, 6.07) is 22.0. The van der Waals surface area contributed by atoms with Gasteiger partial charge in [-0.1, -0.05) is 46.3 Å². The summed E-state index contributed by atoms with van der Waals surface area (Å²) in [5.74, 6) is -0.837. The van der Waals surface area contributed by atoms with Crippen LogP contribution in [0.1, 0.15) is 39.2 Å². The molecule has 0 bridgehead atoms. The number of hydrogen-bond donors (Lipinski definition) is 1. The van der Waals surface area contributed by atoms with Crippen molar-refractivity contribution in [1.82, 2.24) is 5.32 Å². The van der Waals surface area contributed by atoms with Crippen molar-refractivity contribution in [2.75, 3.05) is 0 Å². The molecule has 1 aromatic heterocycles. The summed E-state index contributed by atoms with van der Waals surface area (Å²) in [6.45, 7) is 1.84. The zero-order valence-electron chi connectivity index (χ0n) is 17.0. The molecule has 1 atom stereocenters. The monoisotopic (exact) mass is 491 g/mol. The van der Waals surface area contributed by atoms with E-state index in [1.165, 1.54) is 12.1 Å². The van der Waals surface area contributed by atoms with Gasteiger partial charge in [-0.2, -0.15) is 0 Å². The molecule has 160 valence electrons. The normalized spacial score (nSPS) is 11.7. The Bertz CT molecular complexity index is 1350. The van der Waals surface area contributed by atoms with Gasteiger partial charge in [0.15, 0.2) is 0 Å². The fourth-order valence-electron chi connectivity index (χ4n) is 3.16. The third kappa shape index (κ3) is 4.78. The number of rotatable bonds is 5. The van der Waals surface area contributed by atoms with Crippen LogP contribution in [0.3, 0.4) is 0 Å². The lowest BCUT2D eigenvalue weighted by Gasteiger charge is -2.14. The Morgan fingerprint density at radius 3 is 2.41 bits per heavy atom. The van der Waals surface area contributed by atoms with E-state index in [4.69, 9.17) is 9.15 Å². The highest BCUT2D eigenvalue weighted by molar-refractivity contribution is 9.10. The molecule has 4 aromatic rings. The molecule has 7 heteroatoms. The average molecular weight is 492 g/mol. The fraction of sp³-hybridized carbons (Fsp3) is 0.0800. The second-order valence-electron chi connectivity index (χ2n) is 7.15. The van der Waals surface area contributed by atoms with Gasteiger partial charge in [0.25, 0.3) is 5.91 Å². The van der Waals surface area contributed by atoms with Crippen LogP contribution in [0.5, 0.6) is 5.75 Å². The molecule has 0 aliphatic heterocycles. The first-order valence-electron chi connectivity index (χ1n) is 9.82. The Labute approximate surface area is 192 Å². The van der Waals surface area contributed by atoms with Crippen molar-refractivity contribution < 1.29 is 18.7 Å². The van der Waals surface area contributed by atoms with E-state index in [0.29, 0.717) is 10.9 Å². The molecular weight excluding hydrogens is 474 g/mol. The summed E-state index contributed by atoms with van der Waals surface area (Å²) in [5.41, 5.74) is 0.646. The van der Waals surface area contributed by atoms with E-state index >= 15 is 0 Å². The molecule has 0 saturated carbocycles. The maximum Gasteiger partial charge on any atom is 0.349 e. The highest BCUT2D eigenvalue weighted by Crippen LogP contribution is 2.22. The lowest BCUT2D eigenvalue weighted by Crippen LogP contribution is -2.30. The van der Waals surface area contributed by atoms with Crippen LogP contribution >= 0.6 is 15.9 Å². The van der Waals surface area contributed by atoms with Crippen molar-refractivity contribution >= 4 is 38.8 Å². The Hall–Kier alpha value is -3.71. The minimum atomic E-state index is -0.772. The first-order valence-corrected chi connectivity index (χ1v) is 10.6. The molecular formula is C25H18BrNO5. The number of esters is 1. The molecule has 0 aliphatic carbocycles. The van der Waals surface area contributed by atoms with Gasteiger partial charge in [-0.25, -0.2) is 9.59 Å². The highest BCUT2D eigenvalue weighted by atomic mass is 79.9. The van der Waals surface area contributed by atoms with E-state index in [-0.39, 0.29) is 22.9 Å². The van der Waals surface area contributed by atoms with E-state index in [1.807, 2.05) is 37.3 Å². The second kappa shape index (κ2) is 9.20. The molecule has 1 amide bonds. The average Bonchev–Trinajstić information content (AvgIpc) is 2.79. The SMILES string of the molecule is CC(NC(=O)c1cc2ccc(OC(=O)c3ccc(Br)cc3)cc2oc1=O)c1ccccc1. The van der Waals surface area contributed by atoms with Crippen LogP contribution in [0.25, 0.3) is 11.0 Å². The van der Waals surface area contributed by atoms with E-state index in [9.17, 15) is 14.4 Å². The lowest BCUT2D eigenvalue weighted by molar-refractivity contribution is 0.0734. The van der Waals surface area contributed by atoms with Crippen LogP contribution in [0, 0.1) is 0 Å². The lowest BCUT2D eigenvalue weighted by atomic mass is 10.1. The third-order valence-corrected chi connectivity index (χ3v) is 5.42. The predicted molar refractivity (Wildman–Crippen MR) is 124 cm³/mol. The molecule has 6 nitrogen and oxygen atoms in total. The summed E-state index contributed by atoms with van der Waals surface area (Å²) in [6.07, 6.45) is 0. The molecule has 0 spiro atoms. The van der Waals surface area contributed by atoms with Gasteiger partial charge in [-0.05, 0) is 55.0 Å². The summed E-state index contributed by atoms with van der Waals surface area (Å²) >= 11 is 3.31. The van der Waals surface area contributed by atoms with Gasteiger partial charge < -0.3 is 14.5 Å². The summed E-state index contributed by atoms with van der Waals surface area (Å²) in [4.78, 5) is 37.4. The quantitative estimate of drug-likeness (QED) is 0.233. The maximum atomic E-state index is 12.6. The first kappa shape index (κ1) is 21.5. The second-order valence-corrected chi connectivity index (χ2v) is 8.07. The van der Waals surface area contributed by atoms with Gasteiger partial charge in [0.05, 0.1) is 11.6 Å². The van der Waals surface area contributed by atoms with Crippen LogP contribution in [0.4, 0.5) is 0 Å². The zero-order valence-corrected chi connectivity index (χ0v) is 18.6. The number of carbonyl (C=O) groups is 2. The Balaban J connectivity index is 1.54. The fourth-order valence-corrected chi connectivity index (χ4v) is 3.43. The van der Waals surface area contributed by atoms with Gasteiger partial charge in [0, 0.05) is 15.9 Å². The van der Waals surface area contributed by atoms with Crippen molar-refractivity contribution in [3.05, 3.63) is 110 Å². The van der Waals surface area contributed by atoms with Crippen molar-refractivity contribution in [2.45, 2.75) is 13.0 Å². The topological polar surface area (TPSA) is 85.6 Å². The number of ether oxygens (including phenoxy) is 1. The molecule has 0 radical (unpaired) electrons. The molecule has 1 N–H and O–H groups in total. The number of benzene rings is 3. The summed E-state index contributed by atoms with van der Waals surface area (Å²) in [5, 5.41) is 3.34. The maximum absolute atomic E-state index is 12.6. The summed E-state index contributed by atoms with van der Waals surface area (Å²) < 4.78 is 11.5. The summed E-state index contributed by atoms with van der Waals surface area (Å²) in [7, 11) is 0. The Morgan fingerprint density at radius 1 is 0.969 bits per heavy atom. The largest absolute Gasteiger partial charge is 0.423 e. The molecule has 0 fully saturated rings. The molecule has 4 rings (SSSR count). The van der Waals surface area contributed by atoms with Crippen LogP contribution in [0.15, 0.2) is 92.5 Å². The molecule has 32 heavy (non-hydrogen) atoms. The Morgan fingerprint density at radius 2 is 1.69 bits per heavy atom. The van der Waals surface area contributed by atoms with Gasteiger partial charge >= 0.3 is 11.6 Å².